The third kappa shape index (κ3) is 4.25. The molecule has 0 N–H and O–H groups in total. The zero-order valence-electron chi connectivity index (χ0n) is 14.2. The minimum absolute atomic E-state index is 0.177. The second-order valence-electron chi connectivity index (χ2n) is 5.63. The monoisotopic (exact) mass is 440 g/mol. The molecule has 3 rings (SSSR count). The van der Waals surface area contributed by atoms with Crippen molar-refractivity contribution in [3.63, 3.8) is 0 Å². The Morgan fingerprint density at radius 1 is 1.35 bits per heavy atom. The lowest BCUT2D eigenvalue weighted by Gasteiger charge is -2.29. The number of anilines is 1. The molecular weight excluding hydrogens is 424 g/mol. The number of oxime groups is 1. The van der Waals surface area contributed by atoms with Crippen molar-refractivity contribution in [2.45, 2.75) is 6.54 Å². The van der Waals surface area contributed by atoms with E-state index in [0.29, 0.717) is 28.4 Å². The smallest absolute Gasteiger partial charge is 0.283 e. The molecule has 0 aliphatic carbocycles. The Morgan fingerprint density at radius 2 is 2.04 bits per heavy atom. The number of rotatable bonds is 5. The molecule has 0 radical (unpaired) electrons. The van der Waals surface area contributed by atoms with Crippen molar-refractivity contribution >= 4 is 38.9 Å². The third-order valence-corrected chi connectivity index (χ3v) is 4.99. The molecule has 0 bridgehead atoms. The molecular formula is C17H18BrClN4O3. The molecule has 1 aromatic carbocycles. The molecule has 1 aromatic heterocycles. The number of halogens is 2. The van der Waals surface area contributed by atoms with Crippen molar-refractivity contribution in [3.05, 3.63) is 55.9 Å². The molecule has 0 unspecified atom stereocenters. The van der Waals surface area contributed by atoms with Gasteiger partial charge in [0.05, 0.1) is 31.6 Å². The molecule has 0 spiro atoms. The van der Waals surface area contributed by atoms with Crippen LogP contribution in [0, 0.1) is 0 Å². The maximum atomic E-state index is 12.7. The highest BCUT2D eigenvalue weighted by molar-refractivity contribution is 9.10. The van der Waals surface area contributed by atoms with E-state index in [2.05, 4.69) is 31.1 Å². The van der Waals surface area contributed by atoms with Crippen LogP contribution in [-0.2, 0) is 16.1 Å². The number of nitrogens with zero attached hydrogens (tertiary/aromatic N) is 4. The number of hydrogen-bond donors (Lipinski definition) is 0. The van der Waals surface area contributed by atoms with Crippen LogP contribution in [-0.4, -0.2) is 48.9 Å². The summed E-state index contributed by atoms with van der Waals surface area (Å²) in [4.78, 5) is 19.7. The number of morpholine rings is 1. The van der Waals surface area contributed by atoms with E-state index in [1.54, 1.807) is 18.3 Å². The Bertz CT molecular complexity index is 848. The fourth-order valence-electron chi connectivity index (χ4n) is 2.66. The number of ether oxygens (including phenoxy) is 1. The highest BCUT2D eigenvalue weighted by Crippen LogP contribution is 2.22. The molecule has 1 fully saturated rings. The summed E-state index contributed by atoms with van der Waals surface area (Å²) < 4.78 is 7.17. The van der Waals surface area contributed by atoms with E-state index >= 15 is 0 Å². The molecule has 2 heterocycles. The van der Waals surface area contributed by atoms with E-state index in [1.807, 2.05) is 12.1 Å². The van der Waals surface area contributed by atoms with Crippen LogP contribution >= 0.6 is 27.5 Å². The van der Waals surface area contributed by atoms with Crippen LogP contribution in [0.1, 0.15) is 5.56 Å². The normalized spacial score (nSPS) is 15.2. The number of benzene rings is 1. The van der Waals surface area contributed by atoms with E-state index in [-0.39, 0.29) is 12.1 Å². The second kappa shape index (κ2) is 8.66. The molecule has 9 heteroatoms. The molecule has 26 heavy (non-hydrogen) atoms. The maximum Gasteiger partial charge on any atom is 0.283 e. The van der Waals surface area contributed by atoms with Crippen molar-refractivity contribution in [3.8, 4) is 0 Å². The average molecular weight is 442 g/mol. The Morgan fingerprint density at radius 3 is 2.69 bits per heavy atom. The Hall–Kier alpha value is -1.90. The minimum Gasteiger partial charge on any atom is -0.399 e. The zero-order chi connectivity index (χ0) is 18.5. The molecule has 1 aliphatic heterocycles. The van der Waals surface area contributed by atoms with Crippen LogP contribution < -0.4 is 10.5 Å². The summed E-state index contributed by atoms with van der Waals surface area (Å²) in [6.45, 7) is 2.90. The molecule has 0 atom stereocenters. The second-order valence-corrected chi connectivity index (χ2v) is 6.86. The van der Waals surface area contributed by atoms with Crippen LogP contribution in [0.5, 0.6) is 0 Å². The third-order valence-electron chi connectivity index (χ3n) is 4.00. The lowest BCUT2D eigenvalue weighted by Crippen LogP contribution is -2.38. The van der Waals surface area contributed by atoms with E-state index in [0.717, 1.165) is 24.3 Å². The van der Waals surface area contributed by atoms with Gasteiger partial charge in [0, 0.05) is 23.7 Å². The molecule has 1 aliphatic rings. The first-order valence-electron chi connectivity index (χ1n) is 8.04. The molecule has 1 saturated heterocycles. The lowest BCUT2D eigenvalue weighted by molar-refractivity contribution is 0.122. The fraction of sp³-hybridized carbons (Fsp3) is 0.353. The van der Waals surface area contributed by atoms with Gasteiger partial charge >= 0.3 is 0 Å². The largest absolute Gasteiger partial charge is 0.399 e. The summed E-state index contributed by atoms with van der Waals surface area (Å²) in [6.07, 6.45) is 1.68. The van der Waals surface area contributed by atoms with Gasteiger partial charge < -0.3 is 14.5 Å². The zero-order valence-corrected chi connectivity index (χ0v) is 16.5. The van der Waals surface area contributed by atoms with E-state index < -0.39 is 0 Å². The highest BCUT2D eigenvalue weighted by atomic mass is 79.9. The Kier molecular flexibility index (Phi) is 6.29. The predicted molar refractivity (Wildman–Crippen MR) is 104 cm³/mol. The molecule has 0 amide bonds. The van der Waals surface area contributed by atoms with Gasteiger partial charge in [-0.15, -0.1) is 0 Å². The van der Waals surface area contributed by atoms with Gasteiger partial charge in [0.15, 0.2) is 0 Å². The van der Waals surface area contributed by atoms with Gasteiger partial charge in [0.25, 0.3) is 5.56 Å². The quantitative estimate of drug-likeness (QED) is 0.527. The summed E-state index contributed by atoms with van der Waals surface area (Å²) in [6, 6.07) is 7.16. The van der Waals surface area contributed by atoms with Gasteiger partial charge in [-0.3, -0.25) is 4.79 Å². The van der Waals surface area contributed by atoms with Gasteiger partial charge in [-0.05, 0) is 28.1 Å². The number of aromatic nitrogens is 2. The standard InChI is InChI=1S/C17H18BrClN4O3/c1-25-21-14(12-2-4-13(19)5-3-12)11-23-17(24)16(18)15(10-20-23)22-6-8-26-9-7-22/h2-5,10H,6-9,11H2,1H3/b21-14-. The van der Waals surface area contributed by atoms with Gasteiger partial charge in [0.1, 0.15) is 17.3 Å². The molecule has 7 nitrogen and oxygen atoms in total. The van der Waals surface area contributed by atoms with Gasteiger partial charge in [-0.1, -0.05) is 28.9 Å². The van der Waals surface area contributed by atoms with Crippen molar-refractivity contribution in [1.82, 2.24) is 9.78 Å². The van der Waals surface area contributed by atoms with Crippen LogP contribution in [0.2, 0.25) is 5.02 Å². The fourth-order valence-corrected chi connectivity index (χ4v) is 3.34. The first kappa shape index (κ1) is 18.9. The van der Waals surface area contributed by atoms with Crippen molar-refractivity contribution in [2.24, 2.45) is 5.16 Å². The summed E-state index contributed by atoms with van der Waals surface area (Å²) in [7, 11) is 1.46. The van der Waals surface area contributed by atoms with Crippen molar-refractivity contribution in [1.29, 1.82) is 0 Å². The SMILES string of the molecule is CO/N=C(/Cn1ncc(N2CCOCC2)c(Br)c1=O)c1ccc(Cl)cc1. The minimum atomic E-state index is -0.230. The van der Waals surface area contributed by atoms with E-state index in [1.165, 1.54) is 11.8 Å². The van der Waals surface area contributed by atoms with Gasteiger partial charge in [-0.2, -0.15) is 5.10 Å². The van der Waals surface area contributed by atoms with E-state index in [9.17, 15) is 4.79 Å². The van der Waals surface area contributed by atoms with Crippen LogP contribution in [0.15, 0.2) is 44.9 Å². The van der Waals surface area contributed by atoms with Gasteiger partial charge in [0.2, 0.25) is 0 Å². The summed E-state index contributed by atoms with van der Waals surface area (Å²) in [5.41, 5.74) is 1.92. The summed E-state index contributed by atoms with van der Waals surface area (Å²) in [5.74, 6) is 0. The summed E-state index contributed by atoms with van der Waals surface area (Å²) in [5, 5.41) is 8.97. The highest BCUT2D eigenvalue weighted by Gasteiger charge is 2.18. The molecule has 0 saturated carbocycles. The Balaban J connectivity index is 1.88. The summed E-state index contributed by atoms with van der Waals surface area (Å²) >= 11 is 9.35. The van der Waals surface area contributed by atoms with Gasteiger partial charge in [-0.25, -0.2) is 4.68 Å². The van der Waals surface area contributed by atoms with Crippen LogP contribution in [0.3, 0.4) is 0 Å². The lowest BCUT2D eigenvalue weighted by atomic mass is 10.1. The molecule has 138 valence electrons. The Labute approximate surface area is 164 Å². The number of hydrogen-bond acceptors (Lipinski definition) is 6. The van der Waals surface area contributed by atoms with E-state index in [4.69, 9.17) is 21.2 Å². The van der Waals surface area contributed by atoms with Crippen molar-refractivity contribution < 1.29 is 9.57 Å². The van der Waals surface area contributed by atoms with Crippen molar-refractivity contribution in [2.75, 3.05) is 38.3 Å². The predicted octanol–water partition coefficient (Wildman–Crippen LogP) is 2.55. The van der Waals surface area contributed by atoms with Crippen LogP contribution in [0.4, 0.5) is 5.69 Å². The van der Waals surface area contributed by atoms with Crippen LogP contribution in [0.25, 0.3) is 0 Å². The topological polar surface area (TPSA) is 68.9 Å². The molecule has 2 aromatic rings. The average Bonchev–Trinajstić information content (AvgIpc) is 2.66. The first-order chi connectivity index (χ1) is 12.6. The first-order valence-corrected chi connectivity index (χ1v) is 9.21. The maximum absolute atomic E-state index is 12.7.